The monoisotopic (exact) mass is 666 g/mol. The Hall–Kier alpha value is -5.16. The Morgan fingerprint density at radius 3 is 2.35 bits per heavy atom. The molecule has 0 bridgehead atoms. The quantitative estimate of drug-likeness (QED) is 0.139. The smallest absolute Gasteiger partial charge is 0.316 e. The van der Waals surface area contributed by atoms with Crippen molar-refractivity contribution < 1.29 is 24.3 Å². The predicted molar refractivity (Wildman–Crippen MR) is 187 cm³/mol. The number of hydrogen-bond donors (Lipinski definition) is 5. The zero-order valence-corrected chi connectivity index (χ0v) is 27.8. The standard InChI is InChI=1S/C38H46N6O5/c1-2-20-39-24-35(46)44-33(22-27-16-18-32(45)19-17-27)37(48)43(26-34(44)42-38(49)40-23-28-10-5-3-6-11-28)25-29-12-9-13-30(21-29)36(47)41-31-14-7-4-8-15-31/h2-3,5-6,9-13,16-19,21,31,33-34,39,45H,1,4,7-8,14-15,20,22-26H2,(H,41,47)(H2,40,42,49)/t33-,34+/m0/s1. The van der Waals surface area contributed by atoms with Crippen molar-refractivity contribution in [3.8, 4) is 5.75 Å². The molecule has 2 fully saturated rings. The summed E-state index contributed by atoms with van der Waals surface area (Å²) >= 11 is 0. The minimum absolute atomic E-state index is 0.0371. The minimum atomic E-state index is -0.950. The summed E-state index contributed by atoms with van der Waals surface area (Å²) in [5.41, 5.74) is 2.93. The summed E-state index contributed by atoms with van der Waals surface area (Å²) < 4.78 is 0. The van der Waals surface area contributed by atoms with Crippen LogP contribution in [0.25, 0.3) is 0 Å². The fraction of sp³-hybridized carbons (Fsp3) is 0.368. The van der Waals surface area contributed by atoms with Crippen LogP contribution in [0.1, 0.15) is 59.2 Å². The van der Waals surface area contributed by atoms with Gasteiger partial charge in [0.2, 0.25) is 11.8 Å². The van der Waals surface area contributed by atoms with Crippen LogP contribution in [0.2, 0.25) is 0 Å². The molecular weight excluding hydrogens is 620 g/mol. The Kier molecular flexibility index (Phi) is 12.4. The second kappa shape index (κ2) is 17.3. The molecule has 5 rings (SSSR count). The van der Waals surface area contributed by atoms with Crippen molar-refractivity contribution in [2.24, 2.45) is 0 Å². The molecule has 3 aromatic carbocycles. The van der Waals surface area contributed by atoms with E-state index in [9.17, 15) is 24.3 Å². The van der Waals surface area contributed by atoms with E-state index >= 15 is 0 Å². The van der Waals surface area contributed by atoms with Gasteiger partial charge in [-0.15, -0.1) is 6.58 Å². The summed E-state index contributed by atoms with van der Waals surface area (Å²) in [4.78, 5) is 57.6. The number of phenolic OH excluding ortho intramolecular Hbond substituents is 1. The number of aromatic hydroxyl groups is 1. The van der Waals surface area contributed by atoms with Gasteiger partial charge < -0.3 is 36.2 Å². The molecule has 0 unspecified atom stereocenters. The van der Waals surface area contributed by atoms with Gasteiger partial charge in [-0.3, -0.25) is 14.4 Å². The number of amides is 5. The molecule has 11 nitrogen and oxygen atoms in total. The highest BCUT2D eigenvalue weighted by molar-refractivity contribution is 5.94. The maximum atomic E-state index is 14.3. The molecule has 49 heavy (non-hydrogen) atoms. The first-order valence-electron chi connectivity index (χ1n) is 17.0. The van der Waals surface area contributed by atoms with Crippen molar-refractivity contribution in [2.75, 3.05) is 19.6 Å². The van der Waals surface area contributed by atoms with E-state index in [1.807, 2.05) is 36.4 Å². The first-order valence-corrected chi connectivity index (χ1v) is 17.0. The fourth-order valence-electron chi connectivity index (χ4n) is 6.48. The lowest BCUT2D eigenvalue weighted by Crippen LogP contribution is -2.69. The van der Waals surface area contributed by atoms with Gasteiger partial charge in [-0.25, -0.2) is 4.79 Å². The van der Waals surface area contributed by atoms with Crippen molar-refractivity contribution in [3.05, 3.63) is 114 Å². The van der Waals surface area contributed by atoms with E-state index in [2.05, 4.69) is 27.8 Å². The van der Waals surface area contributed by atoms with Gasteiger partial charge in [0.05, 0.1) is 13.1 Å². The third kappa shape index (κ3) is 9.93. The molecule has 3 aromatic rings. The van der Waals surface area contributed by atoms with E-state index in [1.165, 1.54) is 23.5 Å². The second-order valence-electron chi connectivity index (χ2n) is 12.7. The lowest BCUT2D eigenvalue weighted by molar-refractivity contribution is -0.157. The molecule has 1 aliphatic carbocycles. The van der Waals surface area contributed by atoms with Crippen LogP contribution < -0.4 is 21.3 Å². The number of nitrogens with zero attached hydrogens (tertiary/aromatic N) is 2. The van der Waals surface area contributed by atoms with Crippen LogP contribution in [0.4, 0.5) is 4.79 Å². The summed E-state index contributed by atoms with van der Waals surface area (Å²) in [6, 6.07) is 21.9. The van der Waals surface area contributed by atoms with Gasteiger partial charge in [-0.2, -0.15) is 0 Å². The van der Waals surface area contributed by atoms with Crippen molar-refractivity contribution in [3.63, 3.8) is 0 Å². The average Bonchev–Trinajstić information content (AvgIpc) is 3.11. The first-order chi connectivity index (χ1) is 23.8. The lowest BCUT2D eigenvalue weighted by atomic mass is 9.95. The Bertz CT molecular complexity index is 1590. The maximum absolute atomic E-state index is 14.3. The number of piperazine rings is 1. The summed E-state index contributed by atoms with van der Waals surface area (Å²) in [6.07, 6.45) is 6.30. The van der Waals surface area contributed by atoms with E-state index in [1.54, 1.807) is 41.3 Å². The number of phenols is 1. The number of carbonyl (C=O) groups excluding carboxylic acids is 4. The van der Waals surface area contributed by atoms with Crippen molar-refractivity contribution in [1.82, 2.24) is 31.1 Å². The molecule has 258 valence electrons. The highest BCUT2D eigenvalue weighted by Gasteiger charge is 2.43. The summed E-state index contributed by atoms with van der Waals surface area (Å²) in [7, 11) is 0. The third-order valence-corrected chi connectivity index (χ3v) is 8.98. The Morgan fingerprint density at radius 2 is 1.61 bits per heavy atom. The number of hydrogen-bond acceptors (Lipinski definition) is 6. The minimum Gasteiger partial charge on any atom is -0.508 e. The molecule has 1 saturated heterocycles. The Morgan fingerprint density at radius 1 is 0.878 bits per heavy atom. The third-order valence-electron chi connectivity index (χ3n) is 8.98. The van der Waals surface area contributed by atoms with E-state index in [0.717, 1.165) is 42.4 Å². The Labute approximate surface area is 287 Å². The van der Waals surface area contributed by atoms with Gasteiger partial charge in [0.15, 0.2) is 0 Å². The zero-order valence-electron chi connectivity index (χ0n) is 27.8. The van der Waals surface area contributed by atoms with Crippen LogP contribution in [-0.4, -0.2) is 76.5 Å². The number of rotatable bonds is 13. The fourth-order valence-corrected chi connectivity index (χ4v) is 6.48. The van der Waals surface area contributed by atoms with E-state index < -0.39 is 18.2 Å². The van der Waals surface area contributed by atoms with Gasteiger partial charge in [0.1, 0.15) is 18.0 Å². The number of benzene rings is 3. The average molecular weight is 667 g/mol. The van der Waals surface area contributed by atoms with Gasteiger partial charge >= 0.3 is 6.03 Å². The molecule has 2 atom stereocenters. The maximum Gasteiger partial charge on any atom is 0.316 e. The molecule has 1 aliphatic heterocycles. The molecule has 11 heteroatoms. The van der Waals surface area contributed by atoms with E-state index in [-0.39, 0.29) is 62.1 Å². The molecule has 1 heterocycles. The van der Waals surface area contributed by atoms with E-state index in [0.29, 0.717) is 12.1 Å². The summed E-state index contributed by atoms with van der Waals surface area (Å²) in [5, 5.41) is 21.9. The Balaban J connectivity index is 1.40. The van der Waals surface area contributed by atoms with E-state index in [4.69, 9.17) is 0 Å². The molecule has 0 radical (unpaired) electrons. The van der Waals surface area contributed by atoms with Crippen LogP contribution in [0, 0.1) is 0 Å². The number of carbonyl (C=O) groups is 4. The van der Waals surface area contributed by atoms with Gasteiger partial charge in [0, 0.05) is 37.7 Å². The summed E-state index contributed by atoms with van der Waals surface area (Å²) in [5.74, 6) is -0.690. The second-order valence-corrected chi connectivity index (χ2v) is 12.7. The lowest BCUT2D eigenvalue weighted by Gasteiger charge is -2.46. The normalized spacial score (nSPS) is 18.1. The van der Waals surface area contributed by atoms with Gasteiger partial charge in [0.25, 0.3) is 5.91 Å². The van der Waals surface area contributed by atoms with Crippen molar-refractivity contribution in [1.29, 1.82) is 0 Å². The zero-order chi connectivity index (χ0) is 34.6. The van der Waals surface area contributed by atoms with Gasteiger partial charge in [-0.05, 0) is 53.8 Å². The van der Waals surface area contributed by atoms with Crippen LogP contribution in [0.3, 0.4) is 0 Å². The van der Waals surface area contributed by atoms with Gasteiger partial charge in [-0.1, -0.05) is 79.9 Å². The number of urea groups is 1. The SMILES string of the molecule is C=CCNCC(=O)N1[C@@H](NC(=O)NCc2ccccc2)CN(Cc2cccc(C(=O)NC3CCCCC3)c2)C(=O)[C@@H]1Cc1ccc(O)cc1. The first kappa shape index (κ1) is 35.2. The van der Waals surface area contributed by atoms with Crippen LogP contribution in [0.5, 0.6) is 5.75 Å². The van der Waals surface area contributed by atoms with Crippen molar-refractivity contribution in [2.45, 2.75) is 69.9 Å². The highest BCUT2D eigenvalue weighted by Crippen LogP contribution is 2.24. The molecular formula is C38H46N6O5. The van der Waals surface area contributed by atoms with Crippen LogP contribution in [0.15, 0.2) is 91.5 Å². The van der Waals surface area contributed by atoms with Crippen molar-refractivity contribution >= 4 is 23.8 Å². The molecule has 5 N–H and O–H groups in total. The summed E-state index contributed by atoms with van der Waals surface area (Å²) in [6.45, 7) is 4.52. The molecule has 1 saturated carbocycles. The molecule has 0 spiro atoms. The molecule has 0 aromatic heterocycles. The molecule has 5 amide bonds. The largest absolute Gasteiger partial charge is 0.508 e. The van der Waals surface area contributed by atoms with Crippen LogP contribution >= 0.6 is 0 Å². The topological polar surface area (TPSA) is 143 Å². The molecule has 2 aliphatic rings. The van der Waals surface area contributed by atoms with Crippen LogP contribution in [-0.2, 0) is 29.1 Å². The predicted octanol–water partition coefficient (Wildman–Crippen LogP) is 3.84. The number of nitrogens with one attached hydrogen (secondary N) is 4. The highest BCUT2D eigenvalue weighted by atomic mass is 16.3.